The van der Waals surface area contributed by atoms with Gasteiger partial charge in [-0.05, 0) is 56.2 Å². The van der Waals surface area contributed by atoms with Crippen LogP contribution in [0.4, 0.5) is 10.5 Å². The van der Waals surface area contributed by atoms with Crippen molar-refractivity contribution in [2.45, 2.75) is 26.9 Å². The SMILES string of the molecule is Cc1ccc(N2C(=O)NC(=O)/C(=C\c3ccccc3O[C@H](C)C(=O)O)C2=O)cc1C. The van der Waals surface area contributed by atoms with Crippen LogP contribution in [-0.4, -0.2) is 35.0 Å². The maximum absolute atomic E-state index is 13.0. The number of hydrogen-bond acceptors (Lipinski definition) is 5. The van der Waals surface area contributed by atoms with Crippen molar-refractivity contribution >= 4 is 35.6 Å². The highest BCUT2D eigenvalue weighted by molar-refractivity contribution is 6.39. The van der Waals surface area contributed by atoms with Crippen LogP contribution in [0.5, 0.6) is 5.75 Å². The first kappa shape index (κ1) is 20.8. The molecule has 1 aliphatic rings. The zero-order valence-electron chi connectivity index (χ0n) is 16.6. The standard InChI is InChI=1S/C22H20N2O6/c1-12-8-9-16(10-13(12)2)24-20(26)17(19(25)23-22(24)29)11-15-6-4-5-7-18(15)30-14(3)21(27)28/h4-11,14H,1-3H3,(H,27,28)(H,23,25,29)/b17-11+/t14-/m1/s1. The number of hydrogen-bond donors (Lipinski definition) is 2. The lowest BCUT2D eigenvalue weighted by molar-refractivity contribution is -0.144. The van der Waals surface area contributed by atoms with Gasteiger partial charge in [-0.25, -0.2) is 14.5 Å². The number of urea groups is 1. The first-order valence-corrected chi connectivity index (χ1v) is 9.16. The molecule has 0 spiro atoms. The molecule has 1 heterocycles. The van der Waals surface area contributed by atoms with E-state index in [-0.39, 0.29) is 11.3 Å². The number of carboxylic acids is 1. The van der Waals surface area contributed by atoms with Crippen LogP contribution in [0, 0.1) is 13.8 Å². The zero-order chi connectivity index (χ0) is 22.0. The minimum absolute atomic E-state index is 0.190. The lowest BCUT2D eigenvalue weighted by Crippen LogP contribution is -2.54. The summed E-state index contributed by atoms with van der Waals surface area (Å²) in [5, 5.41) is 11.2. The van der Waals surface area contributed by atoms with E-state index in [0.29, 0.717) is 11.3 Å². The van der Waals surface area contributed by atoms with E-state index in [2.05, 4.69) is 5.32 Å². The van der Waals surface area contributed by atoms with Gasteiger partial charge < -0.3 is 9.84 Å². The highest BCUT2D eigenvalue weighted by Crippen LogP contribution is 2.27. The number of aliphatic carboxylic acids is 1. The molecule has 4 amide bonds. The van der Waals surface area contributed by atoms with Gasteiger partial charge in [0.2, 0.25) is 0 Å². The van der Waals surface area contributed by atoms with E-state index in [1.165, 1.54) is 19.1 Å². The zero-order valence-corrected chi connectivity index (χ0v) is 16.6. The predicted octanol–water partition coefficient (Wildman–Crippen LogP) is 2.82. The lowest BCUT2D eigenvalue weighted by atomic mass is 10.0. The fourth-order valence-electron chi connectivity index (χ4n) is 2.86. The number of benzene rings is 2. The third-order valence-corrected chi connectivity index (χ3v) is 4.72. The quantitative estimate of drug-likeness (QED) is 0.581. The normalized spacial score (nSPS) is 16.4. The van der Waals surface area contributed by atoms with Gasteiger partial charge in [0.25, 0.3) is 11.8 Å². The van der Waals surface area contributed by atoms with Crippen LogP contribution in [-0.2, 0) is 14.4 Å². The van der Waals surface area contributed by atoms with E-state index in [9.17, 15) is 19.2 Å². The maximum Gasteiger partial charge on any atom is 0.344 e. The fraction of sp³-hybridized carbons (Fsp3) is 0.182. The summed E-state index contributed by atoms with van der Waals surface area (Å²) >= 11 is 0. The molecule has 0 radical (unpaired) electrons. The first-order valence-electron chi connectivity index (χ1n) is 9.16. The van der Waals surface area contributed by atoms with Gasteiger partial charge in [-0.1, -0.05) is 24.3 Å². The Labute approximate surface area is 172 Å². The van der Waals surface area contributed by atoms with Crippen molar-refractivity contribution in [1.82, 2.24) is 5.32 Å². The molecule has 3 rings (SSSR count). The molecule has 1 fully saturated rings. The van der Waals surface area contributed by atoms with Gasteiger partial charge >= 0.3 is 12.0 Å². The molecule has 154 valence electrons. The highest BCUT2D eigenvalue weighted by atomic mass is 16.5. The van der Waals surface area contributed by atoms with Crippen molar-refractivity contribution < 1.29 is 29.0 Å². The van der Waals surface area contributed by atoms with Crippen molar-refractivity contribution in [3.8, 4) is 5.75 Å². The van der Waals surface area contributed by atoms with E-state index >= 15 is 0 Å². The number of para-hydroxylation sites is 1. The minimum atomic E-state index is -1.16. The average molecular weight is 408 g/mol. The molecule has 8 nitrogen and oxygen atoms in total. The molecule has 0 saturated carbocycles. The van der Waals surface area contributed by atoms with Gasteiger partial charge in [-0.15, -0.1) is 0 Å². The third kappa shape index (κ3) is 4.07. The van der Waals surface area contributed by atoms with Crippen LogP contribution in [0.2, 0.25) is 0 Å². The smallest absolute Gasteiger partial charge is 0.344 e. The molecule has 2 N–H and O–H groups in total. The predicted molar refractivity (Wildman–Crippen MR) is 109 cm³/mol. The molecule has 2 aromatic rings. The Kier molecular flexibility index (Phi) is 5.68. The number of nitrogens with one attached hydrogen (secondary N) is 1. The number of carbonyl (C=O) groups is 4. The molecular formula is C22H20N2O6. The molecule has 1 saturated heterocycles. The summed E-state index contributed by atoms with van der Waals surface area (Å²) in [6, 6.07) is 10.7. The Bertz CT molecular complexity index is 1090. The summed E-state index contributed by atoms with van der Waals surface area (Å²) in [6.07, 6.45) is 0.149. The summed E-state index contributed by atoms with van der Waals surface area (Å²) in [5.41, 5.74) is 2.28. The van der Waals surface area contributed by atoms with Crippen LogP contribution in [0.15, 0.2) is 48.0 Å². The van der Waals surface area contributed by atoms with Crippen LogP contribution in [0.3, 0.4) is 0 Å². The molecule has 30 heavy (non-hydrogen) atoms. The summed E-state index contributed by atoms with van der Waals surface area (Å²) in [6.45, 7) is 5.12. The van der Waals surface area contributed by atoms with E-state index in [1.54, 1.807) is 36.4 Å². The van der Waals surface area contributed by atoms with Crippen LogP contribution < -0.4 is 15.0 Å². The third-order valence-electron chi connectivity index (χ3n) is 4.72. The number of barbiturate groups is 1. The molecule has 1 aliphatic heterocycles. The van der Waals surface area contributed by atoms with Crippen molar-refractivity contribution in [1.29, 1.82) is 0 Å². The van der Waals surface area contributed by atoms with Crippen LogP contribution >= 0.6 is 0 Å². The molecule has 0 unspecified atom stereocenters. The number of rotatable bonds is 5. The maximum atomic E-state index is 13.0. The van der Waals surface area contributed by atoms with Crippen LogP contribution in [0.25, 0.3) is 6.08 Å². The second-order valence-corrected chi connectivity index (χ2v) is 6.86. The second-order valence-electron chi connectivity index (χ2n) is 6.86. The average Bonchev–Trinajstić information content (AvgIpc) is 2.68. The van der Waals surface area contributed by atoms with Gasteiger partial charge in [0.15, 0.2) is 6.10 Å². The molecule has 1 atom stereocenters. The van der Waals surface area contributed by atoms with Gasteiger partial charge in [0, 0.05) is 5.56 Å². The topological polar surface area (TPSA) is 113 Å². The molecule has 8 heteroatoms. The Hall–Kier alpha value is -3.94. The lowest BCUT2D eigenvalue weighted by Gasteiger charge is -2.27. The van der Waals surface area contributed by atoms with Gasteiger partial charge in [0.1, 0.15) is 11.3 Å². The summed E-state index contributed by atoms with van der Waals surface area (Å²) in [7, 11) is 0. The Morgan fingerprint density at radius 1 is 1.10 bits per heavy atom. The second kappa shape index (κ2) is 8.20. The van der Waals surface area contributed by atoms with E-state index in [4.69, 9.17) is 9.84 Å². The number of aryl methyl sites for hydroxylation is 2. The summed E-state index contributed by atoms with van der Waals surface area (Å²) in [4.78, 5) is 49.7. The number of imide groups is 2. The van der Waals surface area contributed by atoms with Crippen molar-refractivity contribution in [3.63, 3.8) is 0 Å². The number of carboxylic acid groups (broad SMARTS) is 1. The molecule has 0 bridgehead atoms. The fourth-order valence-corrected chi connectivity index (χ4v) is 2.86. The Morgan fingerprint density at radius 2 is 1.80 bits per heavy atom. The van der Waals surface area contributed by atoms with Crippen molar-refractivity contribution in [2.75, 3.05) is 4.90 Å². The van der Waals surface area contributed by atoms with Gasteiger partial charge in [-0.2, -0.15) is 0 Å². The minimum Gasteiger partial charge on any atom is -0.479 e. The number of anilines is 1. The number of carbonyl (C=O) groups excluding carboxylic acids is 3. The van der Waals surface area contributed by atoms with E-state index in [1.807, 2.05) is 13.8 Å². The number of ether oxygens (including phenoxy) is 1. The molecule has 2 aromatic carbocycles. The van der Waals surface area contributed by atoms with E-state index < -0.39 is 29.9 Å². The van der Waals surface area contributed by atoms with E-state index in [0.717, 1.165) is 16.0 Å². The Morgan fingerprint density at radius 3 is 2.47 bits per heavy atom. The summed E-state index contributed by atoms with van der Waals surface area (Å²) < 4.78 is 5.41. The largest absolute Gasteiger partial charge is 0.479 e. The van der Waals surface area contributed by atoms with Crippen molar-refractivity contribution in [3.05, 3.63) is 64.7 Å². The molecular weight excluding hydrogens is 388 g/mol. The Balaban J connectivity index is 2.01. The van der Waals surface area contributed by atoms with Crippen molar-refractivity contribution in [2.24, 2.45) is 0 Å². The van der Waals surface area contributed by atoms with Gasteiger partial charge in [0.05, 0.1) is 5.69 Å². The monoisotopic (exact) mass is 408 g/mol. The molecule has 0 aliphatic carbocycles. The van der Waals surface area contributed by atoms with Gasteiger partial charge in [-0.3, -0.25) is 14.9 Å². The first-order chi connectivity index (χ1) is 14.2. The number of amides is 4. The number of nitrogens with zero attached hydrogens (tertiary/aromatic N) is 1. The highest BCUT2D eigenvalue weighted by Gasteiger charge is 2.37. The van der Waals surface area contributed by atoms with Crippen LogP contribution in [0.1, 0.15) is 23.6 Å². The summed E-state index contributed by atoms with van der Waals surface area (Å²) in [5.74, 6) is -2.59. The molecule has 0 aromatic heterocycles.